The van der Waals surface area contributed by atoms with Gasteiger partial charge >= 0.3 is 17.9 Å². The Bertz CT molecular complexity index is 841. The van der Waals surface area contributed by atoms with Crippen LogP contribution in [0.15, 0.2) is 0 Å². The van der Waals surface area contributed by atoms with Gasteiger partial charge in [-0.3, -0.25) is 14.4 Å². The molecule has 0 unspecified atom stereocenters. The van der Waals surface area contributed by atoms with E-state index in [0.717, 1.165) is 63.7 Å². The van der Waals surface area contributed by atoms with E-state index in [1.165, 1.54) is 173 Å². The van der Waals surface area contributed by atoms with E-state index >= 15 is 0 Å². The molecule has 0 aliphatic heterocycles. The summed E-state index contributed by atoms with van der Waals surface area (Å²) < 4.78 is 16.8. The van der Waals surface area contributed by atoms with Crippen LogP contribution in [0.5, 0.6) is 0 Å². The number of esters is 3. The highest BCUT2D eigenvalue weighted by atomic mass is 16.6. The highest BCUT2D eigenvalue weighted by Crippen LogP contribution is 2.17. The van der Waals surface area contributed by atoms with Crippen LogP contribution in [0, 0.1) is 5.92 Å². The van der Waals surface area contributed by atoms with Gasteiger partial charge in [0.15, 0.2) is 6.10 Å². The van der Waals surface area contributed by atoms with Crippen LogP contribution >= 0.6 is 0 Å². The van der Waals surface area contributed by atoms with E-state index in [4.69, 9.17) is 14.2 Å². The molecular formula is C50H96O6. The molecule has 0 saturated carbocycles. The number of rotatable bonds is 45. The lowest BCUT2D eigenvalue weighted by Crippen LogP contribution is -2.30. The predicted molar refractivity (Wildman–Crippen MR) is 238 cm³/mol. The molecule has 0 saturated heterocycles. The second kappa shape index (κ2) is 44.5. The van der Waals surface area contributed by atoms with Gasteiger partial charge in [-0.15, -0.1) is 0 Å². The number of hydrogen-bond donors (Lipinski definition) is 0. The van der Waals surface area contributed by atoms with Crippen LogP contribution in [0.3, 0.4) is 0 Å². The van der Waals surface area contributed by atoms with Crippen LogP contribution in [-0.2, 0) is 28.6 Å². The molecule has 0 fully saturated rings. The Morgan fingerprint density at radius 2 is 0.589 bits per heavy atom. The quantitative estimate of drug-likeness (QED) is 0.0347. The van der Waals surface area contributed by atoms with Crippen LogP contribution in [0.1, 0.15) is 278 Å². The molecular weight excluding hydrogens is 697 g/mol. The molecule has 0 aliphatic carbocycles. The Morgan fingerprint density at radius 3 is 0.875 bits per heavy atom. The number of unbranched alkanes of at least 4 members (excludes halogenated alkanes) is 32. The largest absolute Gasteiger partial charge is 0.462 e. The number of ether oxygens (including phenoxy) is 3. The lowest BCUT2D eigenvalue weighted by Gasteiger charge is -2.18. The zero-order valence-electron chi connectivity index (χ0n) is 38.1. The summed E-state index contributed by atoms with van der Waals surface area (Å²) >= 11 is 0. The maximum absolute atomic E-state index is 12.8. The molecule has 0 rings (SSSR count). The monoisotopic (exact) mass is 793 g/mol. The summed E-state index contributed by atoms with van der Waals surface area (Å²) in [7, 11) is 0. The summed E-state index contributed by atoms with van der Waals surface area (Å²) in [6.45, 7) is 9.01. The molecule has 0 spiro atoms. The van der Waals surface area contributed by atoms with Gasteiger partial charge in [-0.25, -0.2) is 0 Å². The van der Waals surface area contributed by atoms with Crippen molar-refractivity contribution in [2.24, 2.45) is 5.92 Å². The third kappa shape index (κ3) is 43.5. The Balaban J connectivity index is 4.28. The standard InChI is InChI=1S/C50H96O6/c1-5-7-9-11-13-15-16-18-22-26-30-34-38-42-49(52)55-45-47(44-54-48(51)41-37-33-29-24-14-12-10-8-6-2)56-50(53)43-39-35-31-27-23-20-17-19-21-25-28-32-36-40-46(3)4/h46-47H,5-45H2,1-4H3/t47-/m0/s1. The van der Waals surface area contributed by atoms with Crippen molar-refractivity contribution in [3.63, 3.8) is 0 Å². The summed E-state index contributed by atoms with van der Waals surface area (Å²) in [6, 6.07) is 0. The van der Waals surface area contributed by atoms with Crippen LogP contribution in [0.25, 0.3) is 0 Å². The first kappa shape index (κ1) is 54.4. The average Bonchev–Trinajstić information content (AvgIpc) is 3.18. The number of hydrogen-bond acceptors (Lipinski definition) is 6. The minimum Gasteiger partial charge on any atom is -0.462 e. The van der Waals surface area contributed by atoms with E-state index in [9.17, 15) is 14.4 Å². The summed E-state index contributed by atoms with van der Waals surface area (Å²) in [4.78, 5) is 37.8. The molecule has 0 aromatic rings. The van der Waals surface area contributed by atoms with Gasteiger partial charge in [0.25, 0.3) is 0 Å². The molecule has 332 valence electrons. The molecule has 0 bridgehead atoms. The fourth-order valence-corrected chi connectivity index (χ4v) is 7.51. The first-order valence-corrected chi connectivity index (χ1v) is 24.9. The van der Waals surface area contributed by atoms with Gasteiger partial charge in [-0.1, -0.05) is 240 Å². The van der Waals surface area contributed by atoms with Crippen LogP contribution in [0.4, 0.5) is 0 Å². The smallest absolute Gasteiger partial charge is 0.306 e. The average molecular weight is 793 g/mol. The van der Waals surface area contributed by atoms with Gasteiger partial charge in [-0.05, 0) is 25.2 Å². The Morgan fingerprint density at radius 1 is 0.339 bits per heavy atom. The van der Waals surface area contributed by atoms with Gasteiger partial charge in [0, 0.05) is 19.3 Å². The summed E-state index contributed by atoms with van der Waals surface area (Å²) in [6.07, 6.45) is 45.1. The second-order valence-corrected chi connectivity index (χ2v) is 17.6. The predicted octanol–water partition coefficient (Wildman–Crippen LogP) is 15.9. The van der Waals surface area contributed by atoms with Crippen LogP contribution in [-0.4, -0.2) is 37.2 Å². The van der Waals surface area contributed by atoms with E-state index in [0.29, 0.717) is 19.3 Å². The minimum atomic E-state index is -0.759. The van der Waals surface area contributed by atoms with E-state index in [1.54, 1.807) is 0 Å². The highest BCUT2D eigenvalue weighted by molar-refractivity contribution is 5.71. The van der Waals surface area contributed by atoms with E-state index in [1.807, 2.05) is 0 Å². The number of carbonyl (C=O) groups excluding carboxylic acids is 3. The van der Waals surface area contributed by atoms with Crippen molar-refractivity contribution in [2.75, 3.05) is 13.2 Å². The first-order valence-electron chi connectivity index (χ1n) is 24.9. The maximum Gasteiger partial charge on any atom is 0.306 e. The molecule has 6 nitrogen and oxygen atoms in total. The molecule has 56 heavy (non-hydrogen) atoms. The van der Waals surface area contributed by atoms with Crippen molar-refractivity contribution in [3.8, 4) is 0 Å². The second-order valence-electron chi connectivity index (χ2n) is 17.6. The van der Waals surface area contributed by atoms with Crippen molar-refractivity contribution in [1.29, 1.82) is 0 Å². The fraction of sp³-hybridized carbons (Fsp3) is 0.940. The third-order valence-corrected chi connectivity index (χ3v) is 11.3. The van der Waals surface area contributed by atoms with Crippen molar-refractivity contribution in [3.05, 3.63) is 0 Å². The Kier molecular flexibility index (Phi) is 43.2. The molecule has 1 atom stereocenters. The minimum absolute atomic E-state index is 0.0630. The van der Waals surface area contributed by atoms with Crippen molar-refractivity contribution < 1.29 is 28.6 Å². The molecule has 0 aliphatic rings. The molecule has 6 heteroatoms. The molecule has 0 aromatic heterocycles. The van der Waals surface area contributed by atoms with Crippen molar-refractivity contribution in [2.45, 2.75) is 284 Å². The SMILES string of the molecule is CCCCCCCCCCCCCCCC(=O)OC[C@H](COC(=O)CCCCCCCCCCC)OC(=O)CCCCCCCCCCCCCCCC(C)C. The lowest BCUT2D eigenvalue weighted by atomic mass is 10.0. The third-order valence-electron chi connectivity index (χ3n) is 11.3. The van der Waals surface area contributed by atoms with E-state index in [-0.39, 0.29) is 31.1 Å². The lowest BCUT2D eigenvalue weighted by molar-refractivity contribution is -0.167. The van der Waals surface area contributed by atoms with Crippen molar-refractivity contribution in [1.82, 2.24) is 0 Å². The Hall–Kier alpha value is -1.59. The molecule has 0 radical (unpaired) electrons. The van der Waals surface area contributed by atoms with Crippen molar-refractivity contribution >= 4 is 17.9 Å². The van der Waals surface area contributed by atoms with Gasteiger partial charge < -0.3 is 14.2 Å². The summed E-state index contributed by atoms with van der Waals surface area (Å²) in [5.41, 5.74) is 0. The van der Waals surface area contributed by atoms with Crippen LogP contribution in [0.2, 0.25) is 0 Å². The normalized spacial score (nSPS) is 11.9. The van der Waals surface area contributed by atoms with Gasteiger partial charge in [0.05, 0.1) is 0 Å². The van der Waals surface area contributed by atoms with Gasteiger partial charge in [0.2, 0.25) is 0 Å². The molecule has 0 heterocycles. The van der Waals surface area contributed by atoms with Gasteiger partial charge in [-0.2, -0.15) is 0 Å². The molecule has 0 aromatic carbocycles. The van der Waals surface area contributed by atoms with E-state index in [2.05, 4.69) is 27.7 Å². The summed E-state index contributed by atoms with van der Waals surface area (Å²) in [5.74, 6) is -0.0111. The van der Waals surface area contributed by atoms with Crippen LogP contribution < -0.4 is 0 Å². The number of carbonyl (C=O) groups is 3. The fourth-order valence-electron chi connectivity index (χ4n) is 7.51. The zero-order valence-corrected chi connectivity index (χ0v) is 38.1. The molecule has 0 N–H and O–H groups in total. The molecule has 0 amide bonds. The zero-order chi connectivity index (χ0) is 41.0. The topological polar surface area (TPSA) is 78.9 Å². The first-order chi connectivity index (χ1) is 27.4. The summed E-state index contributed by atoms with van der Waals surface area (Å²) in [5, 5.41) is 0. The maximum atomic E-state index is 12.8. The van der Waals surface area contributed by atoms with E-state index < -0.39 is 6.10 Å². The highest BCUT2D eigenvalue weighted by Gasteiger charge is 2.19. The van der Waals surface area contributed by atoms with Gasteiger partial charge in [0.1, 0.15) is 13.2 Å². The Labute approximate surface area is 348 Å².